The molecule has 3 unspecified atom stereocenters. The summed E-state index contributed by atoms with van der Waals surface area (Å²) < 4.78 is 32.8. The summed E-state index contributed by atoms with van der Waals surface area (Å²) in [5, 5.41) is 2.41. The highest BCUT2D eigenvalue weighted by Gasteiger charge is 2.38. The lowest BCUT2D eigenvalue weighted by molar-refractivity contribution is -0.903. The first-order valence-electron chi connectivity index (χ1n) is 15.3. The van der Waals surface area contributed by atoms with Gasteiger partial charge in [0.15, 0.2) is 0 Å². The van der Waals surface area contributed by atoms with E-state index in [-0.39, 0.29) is 24.4 Å². The maximum atomic E-state index is 14.1. The summed E-state index contributed by atoms with van der Waals surface area (Å²) in [5.41, 5.74) is 3.93. The van der Waals surface area contributed by atoms with Crippen LogP contribution >= 0.6 is 7.44 Å². The molecule has 3 aromatic carbocycles. The normalized spacial score (nSPS) is 22.4. The molecule has 0 aliphatic carbocycles. The Bertz CT molecular complexity index is 1630. The number of aromatic nitrogens is 1. The van der Waals surface area contributed by atoms with E-state index in [1.165, 1.54) is 10.8 Å². The van der Waals surface area contributed by atoms with Crippen molar-refractivity contribution in [1.29, 1.82) is 0 Å². The van der Waals surface area contributed by atoms with Gasteiger partial charge in [0.1, 0.15) is 26.8 Å². The van der Waals surface area contributed by atoms with Crippen LogP contribution in [0.25, 0.3) is 27.5 Å². The molecule has 2 aliphatic heterocycles. The van der Waals surface area contributed by atoms with Crippen molar-refractivity contribution in [3.05, 3.63) is 78.4 Å². The molecule has 2 aliphatic rings. The first kappa shape index (κ1) is 31.0. The van der Waals surface area contributed by atoms with Crippen LogP contribution in [0.1, 0.15) is 10.4 Å². The fraction of sp³-hybridized carbons (Fsp3) is 0.424. The number of hydrogen-bond acceptors (Lipinski definition) is 4. The highest BCUT2D eigenvalue weighted by Crippen LogP contribution is 2.51. The Labute approximate surface area is 261 Å². The van der Waals surface area contributed by atoms with E-state index in [0.717, 1.165) is 34.3 Å². The molecule has 1 amide bonds. The number of carbonyl (C=O) groups excluding carboxylic acids is 1. The van der Waals surface area contributed by atoms with E-state index in [4.69, 9.17) is 17.3 Å². The average molecular weight is 615 g/mol. The van der Waals surface area contributed by atoms with Crippen LogP contribution in [0.15, 0.2) is 72.8 Å². The topological polar surface area (TPSA) is 67.2 Å². The van der Waals surface area contributed by atoms with Crippen LogP contribution in [0.5, 0.6) is 0 Å². The van der Waals surface area contributed by atoms with Crippen LogP contribution in [-0.4, -0.2) is 130 Å². The van der Waals surface area contributed by atoms with Gasteiger partial charge in [0.05, 0.1) is 44.3 Å². The van der Waals surface area contributed by atoms with Gasteiger partial charge in [-0.2, -0.15) is 0 Å². The quantitative estimate of drug-likeness (QED) is 0.168. The minimum atomic E-state index is -2.97. The summed E-state index contributed by atoms with van der Waals surface area (Å²) in [6, 6.07) is 24.3. The monoisotopic (exact) mass is 614 g/mol. The van der Waals surface area contributed by atoms with E-state index in [1.807, 2.05) is 47.9 Å². The van der Waals surface area contributed by atoms with E-state index in [9.17, 15) is 9.36 Å². The molecule has 230 valence electrons. The highest BCUT2D eigenvalue weighted by molar-refractivity contribution is 7.58. The molecule has 3 heterocycles. The molecule has 6 rings (SSSR count). The Balaban J connectivity index is 1.09. The van der Waals surface area contributed by atoms with Gasteiger partial charge < -0.3 is 23.4 Å². The zero-order valence-corrected chi connectivity index (χ0v) is 27.0. The van der Waals surface area contributed by atoms with Crippen molar-refractivity contribution in [1.82, 2.24) is 18.8 Å². The van der Waals surface area contributed by atoms with Gasteiger partial charge in [-0.15, -0.1) is 0 Å². The lowest BCUT2D eigenvalue weighted by atomic mass is 9.96. The minimum Gasteiger partial charge on any atom is -0.371 e. The Kier molecular flexibility index (Phi) is 8.77. The summed E-state index contributed by atoms with van der Waals surface area (Å²) in [4.78, 5) is 15.4. The van der Waals surface area contributed by atoms with Crippen molar-refractivity contribution >= 4 is 43.0 Å². The summed E-state index contributed by atoms with van der Waals surface area (Å²) >= 11 is 0. The Morgan fingerprint density at radius 3 is 2.09 bits per heavy atom. The fourth-order valence-corrected chi connectivity index (χ4v) is 8.69. The molecular formula is C33H42BN5O4P+. The minimum absolute atomic E-state index is 0.0131. The van der Waals surface area contributed by atoms with Crippen molar-refractivity contribution in [3.63, 3.8) is 0 Å². The third-order valence-corrected chi connectivity index (χ3v) is 11.9. The largest absolute Gasteiger partial charge is 0.371 e. The van der Waals surface area contributed by atoms with Gasteiger partial charge in [0.25, 0.3) is 5.91 Å². The van der Waals surface area contributed by atoms with Crippen molar-refractivity contribution in [3.8, 4) is 5.69 Å². The van der Waals surface area contributed by atoms with Gasteiger partial charge in [-0.25, -0.2) is 9.34 Å². The van der Waals surface area contributed by atoms with Crippen LogP contribution in [0.3, 0.4) is 0 Å². The number of fused-ring (bicyclic) bond motifs is 3. The van der Waals surface area contributed by atoms with Crippen molar-refractivity contribution in [2.24, 2.45) is 0 Å². The molecule has 2 radical (unpaired) electrons. The van der Waals surface area contributed by atoms with Crippen molar-refractivity contribution < 1.29 is 23.3 Å². The summed E-state index contributed by atoms with van der Waals surface area (Å²) in [5.74, 6) is -0.0131. The highest BCUT2D eigenvalue weighted by atomic mass is 31.2. The number of likely N-dealkylation sites (N-methyl/N-ethyl adjacent to an activating group) is 1. The second kappa shape index (κ2) is 12.4. The third-order valence-electron chi connectivity index (χ3n) is 8.87. The zero-order valence-electron chi connectivity index (χ0n) is 26.1. The smallest absolute Gasteiger partial charge is 0.253 e. The van der Waals surface area contributed by atoms with Gasteiger partial charge in [0, 0.05) is 48.2 Å². The standard InChI is InChI=1S/C33H42BN5O4P/c1-35(2)44(41,24-42-23-27-21-39(3,4)22-32(34)43-27)37-19-17-36(18-20-37)33(40)25-13-15-26(16-14-25)38-30-11-7-5-9-28(30)29-10-6-8-12-31(29)38/h5-16,27,32H,17-24H2,1-4H3/q+1. The molecule has 9 nitrogen and oxygen atoms in total. The summed E-state index contributed by atoms with van der Waals surface area (Å²) in [6.07, 6.45) is -0.0408. The molecule has 0 N–H and O–H groups in total. The second-order valence-corrected chi connectivity index (χ2v) is 15.7. The number of amides is 1. The summed E-state index contributed by atoms with van der Waals surface area (Å²) in [6.45, 7) is 3.91. The molecule has 2 saturated heterocycles. The number of carbonyl (C=O) groups is 1. The van der Waals surface area contributed by atoms with Gasteiger partial charge in [-0.05, 0) is 50.5 Å². The van der Waals surface area contributed by atoms with E-state index >= 15 is 0 Å². The first-order valence-corrected chi connectivity index (χ1v) is 17.1. The molecule has 11 heteroatoms. The second-order valence-electron chi connectivity index (χ2n) is 12.8. The lowest BCUT2D eigenvalue weighted by Crippen LogP contribution is -2.57. The van der Waals surface area contributed by atoms with Crippen LogP contribution in [0.2, 0.25) is 0 Å². The lowest BCUT2D eigenvalue weighted by Gasteiger charge is -2.42. The molecule has 4 aromatic rings. The summed E-state index contributed by atoms with van der Waals surface area (Å²) in [7, 11) is 11.0. The molecule has 44 heavy (non-hydrogen) atoms. The number of nitrogens with zero attached hydrogens (tertiary/aromatic N) is 5. The average Bonchev–Trinajstić information content (AvgIpc) is 3.34. The van der Waals surface area contributed by atoms with E-state index in [0.29, 0.717) is 38.3 Å². The van der Waals surface area contributed by atoms with Crippen LogP contribution in [-0.2, 0) is 14.0 Å². The molecule has 2 fully saturated rings. The first-order chi connectivity index (χ1) is 21.1. The number of ether oxygens (including phenoxy) is 2. The van der Waals surface area contributed by atoms with Gasteiger partial charge in [-0.3, -0.25) is 9.36 Å². The van der Waals surface area contributed by atoms with E-state index in [2.05, 4.69) is 67.2 Å². The third kappa shape index (κ3) is 6.12. The van der Waals surface area contributed by atoms with Gasteiger partial charge in [-0.1, -0.05) is 36.4 Å². The Morgan fingerprint density at radius 1 is 0.932 bits per heavy atom. The molecular weight excluding hydrogens is 572 g/mol. The molecule has 3 atom stereocenters. The fourth-order valence-electron chi connectivity index (χ4n) is 6.64. The predicted molar refractivity (Wildman–Crippen MR) is 177 cm³/mol. The van der Waals surface area contributed by atoms with Crippen LogP contribution in [0, 0.1) is 0 Å². The molecule has 0 bridgehead atoms. The number of benzene rings is 3. The number of hydrogen-bond donors (Lipinski definition) is 0. The predicted octanol–water partition coefficient (Wildman–Crippen LogP) is 4.24. The maximum absolute atomic E-state index is 14.1. The number of rotatable bonds is 8. The van der Waals surface area contributed by atoms with Crippen LogP contribution in [0.4, 0.5) is 0 Å². The molecule has 0 spiro atoms. The number of morpholine rings is 1. The number of para-hydroxylation sites is 2. The molecule has 0 saturated carbocycles. The maximum Gasteiger partial charge on any atom is 0.253 e. The number of quaternary nitrogens is 1. The van der Waals surface area contributed by atoms with Crippen LogP contribution < -0.4 is 0 Å². The zero-order chi connectivity index (χ0) is 31.1. The van der Waals surface area contributed by atoms with Gasteiger partial charge >= 0.3 is 0 Å². The molecule has 1 aromatic heterocycles. The van der Waals surface area contributed by atoms with Gasteiger partial charge in [0.2, 0.25) is 7.44 Å². The van der Waals surface area contributed by atoms with E-state index in [1.54, 1.807) is 4.67 Å². The number of piperazine rings is 1. The SMILES string of the molecule is [B]C1C[N+](C)(C)CC(COCP(=O)(N(C)C)N2CCN(C(=O)c3ccc(-n4c5ccccc5c5ccccc54)cc3)CC2)O1. The Hall–Kier alpha value is -2.98. The van der Waals surface area contributed by atoms with Crippen molar-refractivity contribution in [2.45, 2.75) is 12.1 Å². The van der Waals surface area contributed by atoms with Crippen molar-refractivity contribution in [2.75, 3.05) is 80.4 Å². The Morgan fingerprint density at radius 2 is 1.52 bits per heavy atom. The van der Waals surface area contributed by atoms with E-state index < -0.39 is 7.44 Å².